The summed E-state index contributed by atoms with van der Waals surface area (Å²) in [5.41, 5.74) is 4.42. The van der Waals surface area contributed by atoms with Crippen molar-refractivity contribution in [3.63, 3.8) is 0 Å². The fraction of sp³-hybridized carbons (Fsp3) is 0.769. The van der Waals surface area contributed by atoms with E-state index in [2.05, 4.69) is 10.6 Å². The van der Waals surface area contributed by atoms with Crippen molar-refractivity contribution in [3.8, 4) is 0 Å². The fourth-order valence-electron chi connectivity index (χ4n) is 1.44. The molecule has 0 aromatic heterocycles. The summed E-state index contributed by atoms with van der Waals surface area (Å²) in [6.07, 6.45) is 2.32. The van der Waals surface area contributed by atoms with Gasteiger partial charge in [0, 0.05) is 0 Å². The number of rotatable bonds is 7. The van der Waals surface area contributed by atoms with Gasteiger partial charge in [-0.3, -0.25) is 4.79 Å². The van der Waals surface area contributed by atoms with Crippen LogP contribution in [0, 0.1) is 0 Å². The number of urea groups is 1. The van der Waals surface area contributed by atoms with E-state index in [1.165, 1.54) is 6.92 Å². The number of nitrogens with two attached hydrogens (primary N) is 1. The molecule has 21 heavy (non-hydrogen) atoms. The van der Waals surface area contributed by atoms with Gasteiger partial charge in [-0.05, 0) is 46.1 Å². The van der Waals surface area contributed by atoms with Crippen molar-refractivity contribution < 1.29 is 19.1 Å². The molecule has 0 aromatic rings. The zero-order valence-corrected chi connectivity index (χ0v) is 14.0. The van der Waals surface area contributed by atoms with Crippen molar-refractivity contribution in [2.24, 2.45) is 5.73 Å². The number of carbonyl (C=O) groups excluding carboxylic acids is 3. The van der Waals surface area contributed by atoms with Gasteiger partial charge in [-0.1, -0.05) is 0 Å². The number of hydrogen-bond donors (Lipinski definition) is 3. The Labute approximate surface area is 129 Å². The zero-order valence-electron chi connectivity index (χ0n) is 13.2. The van der Waals surface area contributed by atoms with E-state index in [1.807, 2.05) is 6.26 Å². The summed E-state index contributed by atoms with van der Waals surface area (Å²) >= 11 is 1.54. The van der Waals surface area contributed by atoms with Crippen LogP contribution >= 0.6 is 11.8 Å². The summed E-state index contributed by atoms with van der Waals surface area (Å²) in [5.74, 6) is -0.307. The van der Waals surface area contributed by atoms with Crippen molar-refractivity contribution >= 4 is 29.7 Å². The predicted molar refractivity (Wildman–Crippen MR) is 83.0 cm³/mol. The van der Waals surface area contributed by atoms with Crippen LogP contribution in [-0.2, 0) is 14.3 Å². The van der Waals surface area contributed by atoms with Gasteiger partial charge >= 0.3 is 12.0 Å². The Bertz CT molecular complexity index is 382. The van der Waals surface area contributed by atoms with Crippen LogP contribution in [0.4, 0.5) is 4.79 Å². The van der Waals surface area contributed by atoms with E-state index in [0.29, 0.717) is 12.2 Å². The molecule has 2 atom stereocenters. The molecule has 0 fully saturated rings. The van der Waals surface area contributed by atoms with Crippen molar-refractivity contribution in [1.29, 1.82) is 0 Å². The average molecular weight is 319 g/mol. The second-order valence-electron chi connectivity index (χ2n) is 5.61. The van der Waals surface area contributed by atoms with Gasteiger partial charge in [0.1, 0.15) is 17.7 Å². The molecule has 0 radical (unpaired) electrons. The van der Waals surface area contributed by atoms with E-state index < -0.39 is 35.6 Å². The molecule has 1 unspecified atom stereocenters. The number of nitrogens with one attached hydrogen (secondary N) is 2. The first-order valence-electron chi connectivity index (χ1n) is 6.65. The Morgan fingerprint density at radius 3 is 2.24 bits per heavy atom. The van der Waals surface area contributed by atoms with Crippen LogP contribution in [0.3, 0.4) is 0 Å². The molecule has 0 spiro atoms. The first-order chi connectivity index (χ1) is 9.56. The van der Waals surface area contributed by atoms with E-state index in [1.54, 1.807) is 32.5 Å². The number of esters is 1. The van der Waals surface area contributed by atoms with Crippen LogP contribution in [0.25, 0.3) is 0 Å². The Morgan fingerprint density at radius 2 is 1.81 bits per heavy atom. The normalized spacial score (nSPS) is 14.0. The smallest absolute Gasteiger partial charge is 0.328 e. The highest BCUT2D eigenvalue weighted by Gasteiger charge is 2.26. The number of carbonyl (C=O) groups is 3. The number of primary amides is 1. The molecule has 0 aliphatic carbocycles. The third-order valence-electron chi connectivity index (χ3n) is 2.36. The monoisotopic (exact) mass is 319 g/mol. The average Bonchev–Trinajstić information content (AvgIpc) is 2.31. The van der Waals surface area contributed by atoms with Crippen LogP contribution in [0.1, 0.15) is 34.1 Å². The highest BCUT2D eigenvalue weighted by molar-refractivity contribution is 7.98. The second kappa shape index (κ2) is 8.76. The number of hydrogen-bond acceptors (Lipinski definition) is 5. The van der Waals surface area contributed by atoms with E-state index in [4.69, 9.17) is 10.5 Å². The van der Waals surface area contributed by atoms with Crippen molar-refractivity contribution in [2.45, 2.75) is 51.8 Å². The molecule has 0 saturated heterocycles. The number of thioether (sulfide) groups is 1. The third kappa shape index (κ3) is 9.17. The maximum absolute atomic E-state index is 12.1. The molecule has 0 heterocycles. The molecule has 0 bridgehead atoms. The zero-order chi connectivity index (χ0) is 16.6. The Morgan fingerprint density at radius 1 is 1.24 bits per heavy atom. The van der Waals surface area contributed by atoms with Gasteiger partial charge in [0.15, 0.2) is 0 Å². The molecule has 0 rings (SSSR count). The van der Waals surface area contributed by atoms with Crippen molar-refractivity contribution in [3.05, 3.63) is 0 Å². The summed E-state index contributed by atoms with van der Waals surface area (Å²) in [6, 6.07) is -2.34. The number of amides is 3. The molecule has 0 aliphatic heterocycles. The third-order valence-corrected chi connectivity index (χ3v) is 3.01. The second-order valence-corrected chi connectivity index (χ2v) is 6.59. The lowest BCUT2D eigenvalue weighted by molar-refractivity contribution is -0.158. The first-order valence-corrected chi connectivity index (χ1v) is 8.04. The van der Waals surface area contributed by atoms with Gasteiger partial charge in [0.2, 0.25) is 5.91 Å². The molecule has 0 aromatic carbocycles. The Hall–Kier alpha value is -1.44. The highest BCUT2D eigenvalue weighted by Crippen LogP contribution is 2.08. The van der Waals surface area contributed by atoms with Crippen molar-refractivity contribution in [1.82, 2.24) is 10.6 Å². The van der Waals surface area contributed by atoms with Gasteiger partial charge in [0.05, 0.1) is 0 Å². The standard InChI is InChI=1S/C13H25N3O4S/c1-8(11(18)20-13(2,3)4)15-10(17)9(6-7-21-5)16-12(14)19/h8-9H,6-7H2,1-5H3,(H,15,17)(H3,14,16,19)/t8-,9?/m0/s1. The minimum Gasteiger partial charge on any atom is -0.458 e. The largest absolute Gasteiger partial charge is 0.458 e. The summed E-state index contributed by atoms with van der Waals surface area (Å²) in [6.45, 7) is 6.77. The predicted octanol–water partition coefficient (Wildman–Crippen LogP) is 0.623. The molecule has 122 valence electrons. The van der Waals surface area contributed by atoms with Crippen LogP contribution in [0.2, 0.25) is 0 Å². The quantitative estimate of drug-likeness (QED) is 0.596. The lowest BCUT2D eigenvalue weighted by atomic mass is 10.1. The minimum atomic E-state index is -0.803. The van der Waals surface area contributed by atoms with Gasteiger partial charge in [-0.25, -0.2) is 9.59 Å². The van der Waals surface area contributed by atoms with E-state index in [-0.39, 0.29) is 0 Å². The van der Waals surface area contributed by atoms with Crippen LogP contribution in [0.5, 0.6) is 0 Å². The summed E-state index contributed by atoms with van der Waals surface area (Å²) < 4.78 is 5.17. The lowest BCUT2D eigenvalue weighted by Crippen LogP contribution is -2.52. The summed E-state index contributed by atoms with van der Waals surface area (Å²) in [5, 5.41) is 4.89. The maximum atomic E-state index is 12.1. The van der Waals surface area contributed by atoms with Crippen molar-refractivity contribution in [2.75, 3.05) is 12.0 Å². The van der Waals surface area contributed by atoms with Gasteiger partial charge in [0.25, 0.3) is 0 Å². The van der Waals surface area contributed by atoms with Crippen LogP contribution < -0.4 is 16.4 Å². The molecular formula is C13H25N3O4S. The topological polar surface area (TPSA) is 111 Å². The molecular weight excluding hydrogens is 294 g/mol. The van der Waals surface area contributed by atoms with E-state index in [0.717, 1.165) is 0 Å². The van der Waals surface area contributed by atoms with Crippen LogP contribution in [-0.4, -0.2) is 47.6 Å². The lowest BCUT2D eigenvalue weighted by Gasteiger charge is -2.24. The first kappa shape index (κ1) is 19.6. The van der Waals surface area contributed by atoms with E-state index in [9.17, 15) is 14.4 Å². The Balaban J connectivity index is 4.58. The van der Waals surface area contributed by atoms with Gasteiger partial charge < -0.3 is 21.1 Å². The fourth-order valence-corrected chi connectivity index (χ4v) is 1.91. The molecule has 3 amide bonds. The van der Waals surface area contributed by atoms with Gasteiger partial charge in [-0.15, -0.1) is 0 Å². The highest BCUT2D eigenvalue weighted by atomic mass is 32.2. The molecule has 7 nitrogen and oxygen atoms in total. The maximum Gasteiger partial charge on any atom is 0.328 e. The summed E-state index contributed by atoms with van der Waals surface area (Å²) in [7, 11) is 0. The molecule has 0 saturated carbocycles. The molecule has 4 N–H and O–H groups in total. The SMILES string of the molecule is CSCCC(NC(N)=O)C(=O)N[C@@H](C)C(=O)OC(C)(C)C. The minimum absolute atomic E-state index is 0.428. The van der Waals surface area contributed by atoms with Gasteiger partial charge in [-0.2, -0.15) is 11.8 Å². The van der Waals surface area contributed by atoms with E-state index >= 15 is 0 Å². The molecule has 0 aliphatic rings. The molecule has 8 heteroatoms. The Kier molecular flexibility index (Phi) is 8.16. The number of ether oxygens (including phenoxy) is 1. The summed E-state index contributed by atoms with van der Waals surface area (Å²) in [4.78, 5) is 34.8. The van der Waals surface area contributed by atoms with Crippen LogP contribution in [0.15, 0.2) is 0 Å².